The first-order valence-corrected chi connectivity index (χ1v) is 11.5. The van der Waals surface area contributed by atoms with Gasteiger partial charge in [0.25, 0.3) is 15.9 Å². The summed E-state index contributed by atoms with van der Waals surface area (Å²) in [6.45, 7) is 0. The SMILES string of the molecule is COc1ccc(S(=O)(=O)Nc2ccc(C(=O)N[C@@H]3C[C@H]4CC[C@@H]3C4)cc2)cc1OC. The molecule has 2 aliphatic carbocycles. The Labute approximate surface area is 176 Å². The fraction of sp³-hybridized carbons (Fsp3) is 0.409. The fourth-order valence-electron chi connectivity index (χ4n) is 4.56. The first-order valence-electron chi connectivity index (χ1n) is 10.1. The summed E-state index contributed by atoms with van der Waals surface area (Å²) in [5, 5.41) is 3.14. The van der Waals surface area contributed by atoms with Gasteiger partial charge < -0.3 is 14.8 Å². The second kappa shape index (κ2) is 8.18. The van der Waals surface area contributed by atoms with Crippen molar-refractivity contribution in [1.29, 1.82) is 0 Å². The summed E-state index contributed by atoms with van der Waals surface area (Å²) < 4.78 is 38.3. The second-order valence-corrected chi connectivity index (χ2v) is 9.64. The van der Waals surface area contributed by atoms with E-state index in [1.54, 1.807) is 24.3 Å². The predicted octanol–water partition coefficient (Wildman–Crippen LogP) is 3.42. The maximum Gasteiger partial charge on any atom is 0.262 e. The van der Waals surface area contributed by atoms with Crippen molar-refractivity contribution in [3.8, 4) is 11.5 Å². The first-order chi connectivity index (χ1) is 14.4. The molecule has 2 aromatic carbocycles. The van der Waals surface area contributed by atoms with Crippen LogP contribution in [0.1, 0.15) is 36.0 Å². The number of sulfonamides is 1. The van der Waals surface area contributed by atoms with E-state index in [4.69, 9.17) is 9.47 Å². The number of hydrogen-bond donors (Lipinski definition) is 2. The molecule has 2 fully saturated rings. The van der Waals surface area contributed by atoms with Gasteiger partial charge in [0.2, 0.25) is 0 Å². The highest BCUT2D eigenvalue weighted by atomic mass is 32.2. The van der Waals surface area contributed by atoms with E-state index in [0.29, 0.717) is 28.7 Å². The smallest absolute Gasteiger partial charge is 0.262 e. The average molecular weight is 431 g/mol. The normalized spacial score (nSPS) is 22.5. The van der Waals surface area contributed by atoms with Crippen molar-refractivity contribution in [1.82, 2.24) is 5.32 Å². The largest absolute Gasteiger partial charge is 0.493 e. The van der Waals surface area contributed by atoms with Crippen LogP contribution in [0.5, 0.6) is 11.5 Å². The summed E-state index contributed by atoms with van der Waals surface area (Å²) in [5.74, 6) is 2.03. The topological polar surface area (TPSA) is 93.7 Å². The summed E-state index contributed by atoms with van der Waals surface area (Å²) >= 11 is 0. The number of amides is 1. The van der Waals surface area contributed by atoms with Crippen molar-refractivity contribution in [3.63, 3.8) is 0 Å². The average Bonchev–Trinajstić information content (AvgIpc) is 3.36. The lowest BCUT2D eigenvalue weighted by Gasteiger charge is -2.22. The number of nitrogens with one attached hydrogen (secondary N) is 2. The van der Waals surface area contributed by atoms with Crippen molar-refractivity contribution < 1.29 is 22.7 Å². The third kappa shape index (κ3) is 4.09. The van der Waals surface area contributed by atoms with E-state index in [-0.39, 0.29) is 16.8 Å². The number of fused-ring (bicyclic) bond motifs is 2. The molecule has 0 unspecified atom stereocenters. The van der Waals surface area contributed by atoms with E-state index in [1.165, 1.54) is 51.7 Å². The molecule has 2 bridgehead atoms. The van der Waals surface area contributed by atoms with Gasteiger partial charge in [0, 0.05) is 23.4 Å². The van der Waals surface area contributed by atoms with Gasteiger partial charge in [-0.2, -0.15) is 0 Å². The van der Waals surface area contributed by atoms with Crippen LogP contribution in [0.25, 0.3) is 0 Å². The van der Waals surface area contributed by atoms with Gasteiger partial charge >= 0.3 is 0 Å². The number of carbonyl (C=O) groups is 1. The van der Waals surface area contributed by atoms with Gasteiger partial charge in [-0.05, 0) is 67.5 Å². The Morgan fingerprint density at radius 1 is 0.967 bits per heavy atom. The molecule has 0 saturated heterocycles. The zero-order chi connectivity index (χ0) is 21.3. The van der Waals surface area contributed by atoms with Crippen LogP contribution in [-0.4, -0.2) is 34.6 Å². The van der Waals surface area contributed by atoms with Crippen LogP contribution < -0.4 is 19.5 Å². The Morgan fingerprint density at radius 2 is 1.70 bits per heavy atom. The van der Waals surface area contributed by atoms with E-state index >= 15 is 0 Å². The van der Waals surface area contributed by atoms with Gasteiger partial charge in [-0.25, -0.2) is 8.42 Å². The number of hydrogen-bond acceptors (Lipinski definition) is 5. The molecule has 0 aliphatic heterocycles. The van der Waals surface area contributed by atoms with Gasteiger partial charge in [-0.1, -0.05) is 6.42 Å². The zero-order valence-corrected chi connectivity index (χ0v) is 17.9. The predicted molar refractivity (Wildman–Crippen MR) is 113 cm³/mol. The second-order valence-electron chi connectivity index (χ2n) is 7.95. The summed E-state index contributed by atoms with van der Waals surface area (Å²) in [7, 11) is -0.883. The number of carbonyl (C=O) groups excluding carboxylic acids is 1. The van der Waals surface area contributed by atoms with Crippen LogP contribution in [0.3, 0.4) is 0 Å². The Balaban J connectivity index is 1.43. The molecule has 0 radical (unpaired) electrons. The van der Waals surface area contributed by atoms with E-state index in [2.05, 4.69) is 10.0 Å². The Kier molecular flexibility index (Phi) is 5.60. The van der Waals surface area contributed by atoms with Crippen LogP contribution in [-0.2, 0) is 10.0 Å². The van der Waals surface area contributed by atoms with Crippen molar-refractivity contribution in [2.45, 2.75) is 36.6 Å². The van der Waals surface area contributed by atoms with Crippen LogP contribution >= 0.6 is 0 Å². The third-order valence-corrected chi connectivity index (χ3v) is 7.50. The minimum absolute atomic E-state index is 0.0539. The molecule has 2 aliphatic rings. The highest BCUT2D eigenvalue weighted by Crippen LogP contribution is 2.44. The molecule has 7 nitrogen and oxygen atoms in total. The fourth-order valence-corrected chi connectivity index (χ4v) is 5.63. The van der Waals surface area contributed by atoms with Gasteiger partial charge in [-0.3, -0.25) is 9.52 Å². The number of ether oxygens (including phenoxy) is 2. The lowest BCUT2D eigenvalue weighted by molar-refractivity contribution is 0.0923. The molecule has 3 atom stereocenters. The molecule has 0 spiro atoms. The summed E-state index contributed by atoms with van der Waals surface area (Å²) in [6.07, 6.45) is 4.78. The van der Waals surface area contributed by atoms with Crippen molar-refractivity contribution >= 4 is 21.6 Å². The van der Waals surface area contributed by atoms with E-state index in [9.17, 15) is 13.2 Å². The van der Waals surface area contributed by atoms with Crippen molar-refractivity contribution in [3.05, 3.63) is 48.0 Å². The molecule has 1 amide bonds. The van der Waals surface area contributed by atoms with Gasteiger partial charge in [0.1, 0.15) is 0 Å². The van der Waals surface area contributed by atoms with E-state index < -0.39 is 10.0 Å². The highest BCUT2D eigenvalue weighted by Gasteiger charge is 2.40. The Morgan fingerprint density at radius 3 is 2.30 bits per heavy atom. The van der Waals surface area contributed by atoms with Crippen molar-refractivity contribution in [2.24, 2.45) is 11.8 Å². The number of anilines is 1. The van der Waals surface area contributed by atoms with E-state index in [0.717, 1.165) is 12.3 Å². The molecule has 0 heterocycles. The number of methoxy groups -OCH3 is 2. The summed E-state index contributed by atoms with van der Waals surface area (Å²) in [5.41, 5.74) is 0.896. The zero-order valence-electron chi connectivity index (χ0n) is 17.1. The molecule has 30 heavy (non-hydrogen) atoms. The Bertz CT molecular complexity index is 1040. The van der Waals surface area contributed by atoms with Crippen LogP contribution in [0, 0.1) is 11.8 Å². The molecule has 2 aromatic rings. The number of benzene rings is 2. The summed E-state index contributed by atoms with van der Waals surface area (Å²) in [6, 6.07) is 11.1. The lowest BCUT2D eigenvalue weighted by Crippen LogP contribution is -2.38. The van der Waals surface area contributed by atoms with Crippen LogP contribution in [0.4, 0.5) is 5.69 Å². The van der Waals surface area contributed by atoms with E-state index in [1.807, 2.05) is 0 Å². The van der Waals surface area contributed by atoms with Gasteiger partial charge in [0.05, 0.1) is 19.1 Å². The Hall–Kier alpha value is -2.74. The molecule has 2 N–H and O–H groups in total. The van der Waals surface area contributed by atoms with Gasteiger partial charge in [-0.15, -0.1) is 0 Å². The van der Waals surface area contributed by atoms with Gasteiger partial charge in [0.15, 0.2) is 11.5 Å². The lowest BCUT2D eigenvalue weighted by atomic mass is 9.95. The quantitative estimate of drug-likeness (QED) is 0.702. The summed E-state index contributed by atoms with van der Waals surface area (Å²) in [4.78, 5) is 12.6. The standard InChI is InChI=1S/C22H26N2O5S/c1-28-20-10-9-18(13-21(20)29-2)30(26,27)24-17-7-5-15(6-8-17)22(25)23-19-12-14-3-4-16(19)11-14/h5-10,13-14,16,19,24H,3-4,11-12H2,1-2H3,(H,23,25)/t14-,16+,19+/m0/s1. The highest BCUT2D eigenvalue weighted by molar-refractivity contribution is 7.92. The minimum atomic E-state index is -3.81. The van der Waals surface area contributed by atoms with Crippen molar-refractivity contribution in [2.75, 3.05) is 18.9 Å². The minimum Gasteiger partial charge on any atom is -0.493 e. The van der Waals surface area contributed by atoms with Crippen LogP contribution in [0.2, 0.25) is 0 Å². The first kappa shape index (κ1) is 20.5. The number of rotatable bonds is 7. The monoisotopic (exact) mass is 430 g/mol. The molecule has 0 aromatic heterocycles. The maximum atomic E-state index is 12.7. The third-order valence-electron chi connectivity index (χ3n) is 6.12. The maximum absolute atomic E-state index is 12.7. The molecule has 160 valence electrons. The molecule has 8 heteroatoms. The molecular weight excluding hydrogens is 404 g/mol. The van der Waals surface area contributed by atoms with Crippen LogP contribution in [0.15, 0.2) is 47.4 Å². The molecule has 2 saturated carbocycles. The molecule has 4 rings (SSSR count). The molecular formula is C22H26N2O5S.